The lowest BCUT2D eigenvalue weighted by Crippen LogP contribution is -1.82. The summed E-state index contributed by atoms with van der Waals surface area (Å²) in [7, 11) is 0. The Hall–Kier alpha value is -0.410. The van der Waals surface area contributed by atoms with Crippen LogP contribution < -0.4 is 0 Å². The van der Waals surface area contributed by atoms with Gasteiger partial charge in [-0.2, -0.15) is 0 Å². The predicted octanol–water partition coefficient (Wildman–Crippen LogP) is 2.31. The number of carbonyl (C=O) groups excluding carboxylic acids is 1. The third-order valence-electron chi connectivity index (χ3n) is 0.921. The van der Waals surface area contributed by atoms with Gasteiger partial charge in [0.05, 0.1) is 0 Å². The first kappa shape index (κ1) is 7.69. The highest BCUT2D eigenvalue weighted by atomic mass is 79.9. The van der Waals surface area contributed by atoms with Gasteiger partial charge in [-0.3, -0.25) is 4.79 Å². The summed E-state index contributed by atoms with van der Waals surface area (Å²) >= 11 is 8.63. The highest BCUT2D eigenvalue weighted by Gasteiger charge is 1.95. The molecule has 0 saturated carbocycles. The largest absolute Gasteiger partial charge is 0.298 e. The first-order valence-corrected chi connectivity index (χ1v) is 3.68. The normalized spacial score (nSPS) is 9.40. The number of aromatic nitrogens is 1. The van der Waals surface area contributed by atoms with Gasteiger partial charge in [-0.15, -0.1) is 0 Å². The molecule has 0 N–H and O–H groups in total. The summed E-state index contributed by atoms with van der Waals surface area (Å²) in [5.41, 5.74) is 0.520. The van der Waals surface area contributed by atoms with Crippen LogP contribution in [0, 0.1) is 0 Å². The maximum atomic E-state index is 10.2. The van der Waals surface area contributed by atoms with Crippen LogP contribution in [0.15, 0.2) is 16.7 Å². The monoisotopic (exact) mass is 219 g/mol. The molecule has 0 saturated heterocycles. The fourth-order valence-corrected chi connectivity index (χ4v) is 1.33. The SMILES string of the molecule is O=Cc1cc(Cl)nc(Br)c1. The Kier molecular flexibility index (Phi) is 2.40. The number of halogens is 2. The number of nitrogens with zero attached hydrogens (tertiary/aromatic N) is 1. The number of rotatable bonds is 1. The molecule has 4 heteroatoms. The molecule has 1 rings (SSSR count). The van der Waals surface area contributed by atoms with E-state index < -0.39 is 0 Å². The van der Waals surface area contributed by atoms with Crippen molar-refractivity contribution in [3.05, 3.63) is 27.5 Å². The molecule has 1 aromatic rings. The van der Waals surface area contributed by atoms with Gasteiger partial charge >= 0.3 is 0 Å². The maximum Gasteiger partial charge on any atom is 0.150 e. The molecular formula is C6H3BrClNO. The summed E-state index contributed by atoms with van der Waals surface area (Å²) < 4.78 is 0.571. The Labute approximate surface area is 71.3 Å². The van der Waals surface area contributed by atoms with E-state index in [-0.39, 0.29) is 0 Å². The van der Waals surface area contributed by atoms with Crippen LogP contribution in [0.2, 0.25) is 5.15 Å². The zero-order chi connectivity index (χ0) is 7.56. The second-order valence-corrected chi connectivity index (χ2v) is 2.86. The minimum atomic E-state index is 0.316. The summed E-state index contributed by atoms with van der Waals surface area (Å²) in [4.78, 5) is 14.0. The Bertz CT molecular complexity index is 244. The summed E-state index contributed by atoms with van der Waals surface area (Å²) in [5.74, 6) is 0. The topological polar surface area (TPSA) is 30.0 Å². The third kappa shape index (κ3) is 1.78. The number of aldehydes is 1. The molecule has 0 atom stereocenters. The van der Waals surface area contributed by atoms with E-state index in [1.165, 1.54) is 6.07 Å². The molecule has 2 nitrogen and oxygen atoms in total. The van der Waals surface area contributed by atoms with E-state index in [1.807, 2.05) is 0 Å². The van der Waals surface area contributed by atoms with Gasteiger partial charge in [-0.1, -0.05) is 11.6 Å². The highest BCUT2D eigenvalue weighted by Crippen LogP contribution is 2.13. The lowest BCUT2D eigenvalue weighted by Gasteiger charge is -1.92. The molecule has 52 valence electrons. The van der Waals surface area contributed by atoms with Crippen LogP contribution in [0.25, 0.3) is 0 Å². The predicted molar refractivity (Wildman–Crippen MR) is 42.3 cm³/mol. The van der Waals surface area contributed by atoms with Crippen LogP contribution in [-0.2, 0) is 0 Å². The number of hydrogen-bond acceptors (Lipinski definition) is 2. The molecule has 0 amide bonds. The van der Waals surface area contributed by atoms with Gasteiger partial charge in [0.25, 0.3) is 0 Å². The lowest BCUT2D eigenvalue weighted by atomic mass is 10.3. The molecule has 1 heterocycles. The van der Waals surface area contributed by atoms with Crippen LogP contribution in [0.4, 0.5) is 0 Å². The van der Waals surface area contributed by atoms with Crippen molar-refractivity contribution in [2.24, 2.45) is 0 Å². The first-order valence-electron chi connectivity index (χ1n) is 2.50. The van der Waals surface area contributed by atoms with Gasteiger partial charge in [0.15, 0.2) is 0 Å². The van der Waals surface area contributed by atoms with E-state index >= 15 is 0 Å². The molecular weight excluding hydrogens is 217 g/mol. The van der Waals surface area contributed by atoms with E-state index in [0.29, 0.717) is 15.3 Å². The van der Waals surface area contributed by atoms with Crippen LogP contribution in [0.5, 0.6) is 0 Å². The fourth-order valence-electron chi connectivity index (χ4n) is 0.551. The molecule has 1 aromatic heterocycles. The molecule has 0 spiro atoms. The van der Waals surface area contributed by atoms with Gasteiger partial charge in [0.2, 0.25) is 0 Å². The lowest BCUT2D eigenvalue weighted by molar-refractivity contribution is 0.112. The van der Waals surface area contributed by atoms with E-state index in [1.54, 1.807) is 6.07 Å². The van der Waals surface area contributed by atoms with Crippen LogP contribution in [-0.4, -0.2) is 11.3 Å². The molecule has 0 radical (unpaired) electrons. The van der Waals surface area contributed by atoms with Crippen LogP contribution in [0.1, 0.15) is 10.4 Å². The molecule has 0 aliphatic heterocycles. The second-order valence-electron chi connectivity index (χ2n) is 1.66. The fraction of sp³-hybridized carbons (Fsp3) is 0. The van der Waals surface area contributed by atoms with E-state index in [0.717, 1.165) is 6.29 Å². The zero-order valence-electron chi connectivity index (χ0n) is 4.84. The molecule has 0 aromatic carbocycles. The minimum absolute atomic E-state index is 0.316. The average molecular weight is 220 g/mol. The smallest absolute Gasteiger partial charge is 0.150 e. The average Bonchev–Trinajstić information content (AvgIpc) is 1.85. The molecule has 0 unspecified atom stereocenters. The number of hydrogen-bond donors (Lipinski definition) is 0. The standard InChI is InChI=1S/C6H3BrClNO/c7-5-1-4(3-10)2-6(8)9-5/h1-3H. The summed E-state index contributed by atoms with van der Waals surface area (Å²) in [6.07, 6.45) is 0.721. The summed E-state index contributed by atoms with van der Waals surface area (Å²) in [5, 5.41) is 0.316. The highest BCUT2D eigenvalue weighted by molar-refractivity contribution is 9.10. The van der Waals surface area contributed by atoms with E-state index in [4.69, 9.17) is 11.6 Å². The molecule has 0 aliphatic carbocycles. The Morgan fingerprint density at radius 2 is 2.30 bits per heavy atom. The van der Waals surface area contributed by atoms with Crippen molar-refractivity contribution >= 4 is 33.8 Å². The summed E-state index contributed by atoms with van der Waals surface area (Å²) in [6.45, 7) is 0. The zero-order valence-corrected chi connectivity index (χ0v) is 7.19. The van der Waals surface area contributed by atoms with E-state index in [9.17, 15) is 4.79 Å². The van der Waals surface area contributed by atoms with Gasteiger partial charge in [0, 0.05) is 5.56 Å². The summed E-state index contributed by atoms with van der Waals surface area (Å²) in [6, 6.07) is 3.10. The van der Waals surface area contributed by atoms with Crippen molar-refractivity contribution in [3.63, 3.8) is 0 Å². The van der Waals surface area contributed by atoms with Crippen molar-refractivity contribution in [3.8, 4) is 0 Å². The second kappa shape index (κ2) is 3.12. The van der Waals surface area contributed by atoms with Gasteiger partial charge < -0.3 is 0 Å². The van der Waals surface area contributed by atoms with Crippen molar-refractivity contribution in [1.82, 2.24) is 4.98 Å². The number of carbonyl (C=O) groups is 1. The van der Waals surface area contributed by atoms with Gasteiger partial charge in [-0.05, 0) is 28.1 Å². The Morgan fingerprint density at radius 1 is 1.60 bits per heavy atom. The quantitative estimate of drug-likeness (QED) is 0.537. The van der Waals surface area contributed by atoms with Crippen molar-refractivity contribution in [2.45, 2.75) is 0 Å². The molecule has 0 aliphatic rings. The van der Waals surface area contributed by atoms with Gasteiger partial charge in [-0.25, -0.2) is 4.98 Å². The van der Waals surface area contributed by atoms with Crippen molar-refractivity contribution < 1.29 is 4.79 Å². The van der Waals surface area contributed by atoms with Crippen molar-refractivity contribution in [2.75, 3.05) is 0 Å². The number of pyridine rings is 1. The van der Waals surface area contributed by atoms with Crippen LogP contribution in [0.3, 0.4) is 0 Å². The van der Waals surface area contributed by atoms with Crippen molar-refractivity contribution in [1.29, 1.82) is 0 Å². The third-order valence-corrected chi connectivity index (χ3v) is 1.52. The Morgan fingerprint density at radius 3 is 2.80 bits per heavy atom. The molecule has 10 heavy (non-hydrogen) atoms. The maximum absolute atomic E-state index is 10.2. The van der Waals surface area contributed by atoms with Crippen LogP contribution >= 0.6 is 27.5 Å². The molecule has 0 fully saturated rings. The Balaban J connectivity index is 3.18. The first-order chi connectivity index (χ1) is 4.72. The molecule has 0 bridgehead atoms. The minimum Gasteiger partial charge on any atom is -0.298 e. The van der Waals surface area contributed by atoms with E-state index in [2.05, 4.69) is 20.9 Å². The van der Waals surface area contributed by atoms with Gasteiger partial charge in [0.1, 0.15) is 16.0 Å².